The zero-order chi connectivity index (χ0) is 19.4. The average Bonchev–Trinajstić information content (AvgIpc) is 2.72. The molecule has 0 N–H and O–H groups in total. The molecule has 3 aromatic rings. The van der Waals surface area contributed by atoms with Gasteiger partial charge in [-0.2, -0.15) is 0 Å². The van der Waals surface area contributed by atoms with Crippen LogP contribution in [0.25, 0.3) is 22.5 Å². The van der Waals surface area contributed by atoms with Gasteiger partial charge in [-0.05, 0) is 38.0 Å². The van der Waals surface area contributed by atoms with Crippen LogP contribution in [0.4, 0.5) is 0 Å². The van der Waals surface area contributed by atoms with Gasteiger partial charge in [0.2, 0.25) is 0 Å². The van der Waals surface area contributed by atoms with Gasteiger partial charge >= 0.3 is 0 Å². The van der Waals surface area contributed by atoms with Crippen molar-refractivity contribution in [2.24, 2.45) is 0 Å². The molecule has 0 aliphatic carbocycles. The summed E-state index contributed by atoms with van der Waals surface area (Å²) in [5.41, 5.74) is 7.07. The minimum atomic E-state index is 0.740. The largest absolute Gasteiger partial charge is 0.497 e. The minimum Gasteiger partial charge on any atom is -0.497 e. The van der Waals surface area contributed by atoms with Crippen molar-refractivity contribution in [1.82, 2.24) is 9.97 Å². The maximum Gasteiger partial charge on any atom is 0.132 e. The number of aromatic nitrogens is 2. The summed E-state index contributed by atoms with van der Waals surface area (Å²) in [5, 5.41) is 0. The number of nitrogens with zero attached hydrogens (tertiary/aromatic N) is 2. The molecule has 0 unspecified atom stereocenters. The average molecular weight is 362 g/mol. The monoisotopic (exact) mass is 362 g/mol. The summed E-state index contributed by atoms with van der Waals surface area (Å²) < 4.78 is 10.9. The molecule has 140 valence electrons. The lowest BCUT2D eigenvalue weighted by molar-refractivity contribution is 0.395. The van der Waals surface area contributed by atoms with E-state index in [0.717, 1.165) is 58.2 Å². The summed E-state index contributed by atoms with van der Waals surface area (Å²) >= 11 is 0. The van der Waals surface area contributed by atoms with Gasteiger partial charge in [0.05, 0.1) is 37.0 Å². The van der Waals surface area contributed by atoms with Gasteiger partial charge in [-0.25, -0.2) is 9.97 Å². The fraction of sp³-hybridized carbons (Fsp3) is 0.304. The first kappa shape index (κ1) is 18.9. The Balaban J connectivity index is 2.21. The van der Waals surface area contributed by atoms with Crippen LogP contribution in [0.1, 0.15) is 30.8 Å². The summed E-state index contributed by atoms with van der Waals surface area (Å²) in [4.78, 5) is 10.0. The van der Waals surface area contributed by atoms with Crippen LogP contribution < -0.4 is 9.47 Å². The smallest absolute Gasteiger partial charge is 0.132 e. The van der Waals surface area contributed by atoms with Crippen LogP contribution in [0, 0.1) is 6.92 Å². The quantitative estimate of drug-likeness (QED) is 0.600. The molecule has 3 rings (SSSR count). The van der Waals surface area contributed by atoms with E-state index in [1.807, 2.05) is 18.2 Å². The van der Waals surface area contributed by atoms with Crippen LogP contribution in [0.5, 0.6) is 11.5 Å². The predicted octanol–water partition coefficient (Wildman–Crippen LogP) is 5.26. The number of rotatable bonds is 6. The van der Waals surface area contributed by atoms with Gasteiger partial charge in [-0.15, -0.1) is 0 Å². The summed E-state index contributed by atoms with van der Waals surface area (Å²) in [6.45, 7) is 6.32. The van der Waals surface area contributed by atoms with Crippen LogP contribution in [-0.4, -0.2) is 24.2 Å². The van der Waals surface area contributed by atoms with Crippen LogP contribution in [0.3, 0.4) is 0 Å². The highest BCUT2D eigenvalue weighted by molar-refractivity contribution is 5.73. The van der Waals surface area contributed by atoms with Crippen molar-refractivity contribution in [3.8, 4) is 34.0 Å². The first-order chi connectivity index (χ1) is 13.1. The molecule has 0 aliphatic heterocycles. The Morgan fingerprint density at radius 2 is 1.52 bits per heavy atom. The van der Waals surface area contributed by atoms with Crippen molar-refractivity contribution in [2.75, 3.05) is 14.2 Å². The van der Waals surface area contributed by atoms with Gasteiger partial charge in [0.25, 0.3) is 0 Å². The molecule has 0 aliphatic rings. The second-order valence-electron chi connectivity index (χ2n) is 6.46. The van der Waals surface area contributed by atoms with Crippen molar-refractivity contribution in [3.63, 3.8) is 0 Å². The first-order valence-electron chi connectivity index (χ1n) is 9.30. The SMILES string of the molecule is CCc1nc(-c2ccc(OC)cc2OC)c(CC)nc1-c1cccc(C)c1. The van der Waals surface area contributed by atoms with E-state index in [4.69, 9.17) is 19.4 Å². The summed E-state index contributed by atoms with van der Waals surface area (Å²) in [5.74, 6) is 1.50. The lowest BCUT2D eigenvalue weighted by atomic mass is 10.0. The molecule has 4 heteroatoms. The van der Waals surface area contributed by atoms with Crippen LogP contribution in [-0.2, 0) is 12.8 Å². The number of benzene rings is 2. The summed E-state index contributed by atoms with van der Waals surface area (Å²) in [7, 11) is 3.32. The molecule has 2 aromatic carbocycles. The maximum absolute atomic E-state index is 5.60. The molecule has 4 nitrogen and oxygen atoms in total. The third kappa shape index (κ3) is 3.80. The highest BCUT2D eigenvalue weighted by Crippen LogP contribution is 2.35. The molecule has 0 saturated heterocycles. The van der Waals surface area contributed by atoms with Gasteiger partial charge < -0.3 is 9.47 Å². The first-order valence-corrected chi connectivity index (χ1v) is 9.30. The molecule has 0 atom stereocenters. The topological polar surface area (TPSA) is 44.2 Å². The Bertz CT molecular complexity index is 951. The van der Waals surface area contributed by atoms with Crippen LogP contribution in [0.15, 0.2) is 42.5 Å². The molecule has 0 amide bonds. The highest BCUT2D eigenvalue weighted by atomic mass is 16.5. The Morgan fingerprint density at radius 1 is 0.815 bits per heavy atom. The second kappa shape index (κ2) is 8.21. The third-order valence-electron chi connectivity index (χ3n) is 4.67. The van der Waals surface area contributed by atoms with Crippen molar-refractivity contribution < 1.29 is 9.47 Å². The zero-order valence-electron chi connectivity index (χ0n) is 16.7. The predicted molar refractivity (Wildman–Crippen MR) is 110 cm³/mol. The van der Waals surface area contributed by atoms with E-state index in [0.29, 0.717) is 0 Å². The Labute approximate surface area is 161 Å². The number of aryl methyl sites for hydroxylation is 3. The van der Waals surface area contributed by atoms with E-state index in [1.165, 1.54) is 5.56 Å². The Kier molecular flexibility index (Phi) is 5.75. The zero-order valence-corrected chi connectivity index (χ0v) is 16.7. The molecule has 27 heavy (non-hydrogen) atoms. The fourth-order valence-corrected chi connectivity index (χ4v) is 3.23. The lowest BCUT2D eigenvalue weighted by Gasteiger charge is -2.16. The summed E-state index contributed by atoms with van der Waals surface area (Å²) in [6.07, 6.45) is 1.60. The van der Waals surface area contributed by atoms with Crippen molar-refractivity contribution in [1.29, 1.82) is 0 Å². The second-order valence-corrected chi connectivity index (χ2v) is 6.46. The molecule has 0 radical (unpaired) electrons. The fourth-order valence-electron chi connectivity index (χ4n) is 3.23. The van der Waals surface area contributed by atoms with Crippen molar-refractivity contribution in [2.45, 2.75) is 33.6 Å². The van der Waals surface area contributed by atoms with E-state index in [-0.39, 0.29) is 0 Å². The van der Waals surface area contributed by atoms with Gasteiger partial charge in [-0.3, -0.25) is 0 Å². The Morgan fingerprint density at radius 3 is 2.15 bits per heavy atom. The van der Waals surface area contributed by atoms with E-state index >= 15 is 0 Å². The third-order valence-corrected chi connectivity index (χ3v) is 4.67. The molecule has 0 fully saturated rings. The highest BCUT2D eigenvalue weighted by Gasteiger charge is 2.18. The van der Waals surface area contributed by atoms with Gasteiger partial charge in [-0.1, -0.05) is 37.6 Å². The van der Waals surface area contributed by atoms with E-state index in [2.05, 4.69) is 45.0 Å². The summed E-state index contributed by atoms with van der Waals surface area (Å²) in [6, 6.07) is 14.2. The van der Waals surface area contributed by atoms with Crippen LogP contribution >= 0.6 is 0 Å². The normalized spacial score (nSPS) is 10.7. The number of hydrogen-bond acceptors (Lipinski definition) is 4. The standard InChI is InChI=1S/C23H26N2O2/c1-6-19-22(16-10-8-9-15(3)13-16)24-20(7-2)23(25-19)18-12-11-17(26-4)14-21(18)27-5/h8-14H,6-7H2,1-5H3. The lowest BCUT2D eigenvalue weighted by Crippen LogP contribution is -2.05. The van der Waals surface area contributed by atoms with E-state index < -0.39 is 0 Å². The van der Waals surface area contributed by atoms with Gasteiger partial charge in [0, 0.05) is 17.2 Å². The van der Waals surface area contributed by atoms with Crippen molar-refractivity contribution >= 4 is 0 Å². The van der Waals surface area contributed by atoms with E-state index in [1.54, 1.807) is 14.2 Å². The maximum atomic E-state index is 5.60. The minimum absolute atomic E-state index is 0.740. The molecular formula is C23H26N2O2. The van der Waals surface area contributed by atoms with Gasteiger partial charge in [0.1, 0.15) is 11.5 Å². The van der Waals surface area contributed by atoms with Crippen LogP contribution in [0.2, 0.25) is 0 Å². The molecular weight excluding hydrogens is 336 g/mol. The molecule has 0 bridgehead atoms. The molecule has 0 saturated carbocycles. The molecule has 0 spiro atoms. The molecule has 1 heterocycles. The number of ether oxygens (including phenoxy) is 2. The number of methoxy groups -OCH3 is 2. The van der Waals surface area contributed by atoms with Crippen molar-refractivity contribution in [3.05, 3.63) is 59.4 Å². The van der Waals surface area contributed by atoms with Gasteiger partial charge in [0.15, 0.2) is 0 Å². The van der Waals surface area contributed by atoms with E-state index in [9.17, 15) is 0 Å². The Hall–Kier alpha value is -2.88. The molecule has 1 aromatic heterocycles. The number of hydrogen-bond donors (Lipinski definition) is 0.